The summed E-state index contributed by atoms with van der Waals surface area (Å²) in [6, 6.07) is 5.89. The highest BCUT2D eigenvalue weighted by Gasteiger charge is 2.23. The number of nitrogens with one attached hydrogen (secondary N) is 1. The van der Waals surface area contributed by atoms with Gasteiger partial charge in [0.2, 0.25) is 0 Å². The summed E-state index contributed by atoms with van der Waals surface area (Å²) in [6.45, 7) is 5.81. The monoisotopic (exact) mass is 260 g/mol. The molecule has 1 aromatic rings. The molecule has 1 N–H and O–H groups in total. The number of hydrogen-bond acceptors (Lipinski definition) is 2. The smallest absolute Gasteiger partial charge is 0.253 e. The lowest BCUT2D eigenvalue weighted by Gasteiger charge is -2.32. The summed E-state index contributed by atoms with van der Waals surface area (Å²) >= 11 is 0. The Morgan fingerprint density at radius 3 is 2.63 bits per heavy atom. The van der Waals surface area contributed by atoms with Gasteiger partial charge in [-0.05, 0) is 56.4 Å². The summed E-state index contributed by atoms with van der Waals surface area (Å²) < 4.78 is 0. The minimum Gasteiger partial charge on any atom is -0.388 e. The molecular weight excluding hydrogens is 236 g/mol. The molecule has 0 radical (unpaired) electrons. The summed E-state index contributed by atoms with van der Waals surface area (Å²) in [4.78, 5) is 14.5. The van der Waals surface area contributed by atoms with Crippen LogP contribution in [0.15, 0.2) is 18.2 Å². The van der Waals surface area contributed by atoms with Gasteiger partial charge in [-0.3, -0.25) is 4.79 Å². The molecular formula is C16H24N2O. The number of carbonyl (C=O) groups excluding carboxylic acids is 1. The summed E-state index contributed by atoms with van der Waals surface area (Å²) in [5.41, 5.74) is 3.00. The highest BCUT2D eigenvalue weighted by Crippen LogP contribution is 2.27. The first kappa shape index (κ1) is 13.9. The van der Waals surface area contributed by atoms with E-state index in [1.165, 1.54) is 19.3 Å². The molecule has 3 nitrogen and oxygen atoms in total. The number of anilines is 1. The van der Waals surface area contributed by atoms with Gasteiger partial charge < -0.3 is 10.2 Å². The molecule has 0 atom stereocenters. The van der Waals surface area contributed by atoms with E-state index < -0.39 is 0 Å². The Bertz CT molecular complexity index is 452. The first-order chi connectivity index (χ1) is 9.15. The SMILES string of the molecule is CCN(CC1CCC1)C(=O)c1ccc(NC)c(C)c1. The molecule has 1 aliphatic carbocycles. The van der Waals surface area contributed by atoms with Gasteiger partial charge in [-0.2, -0.15) is 0 Å². The Balaban J connectivity index is 2.09. The maximum Gasteiger partial charge on any atom is 0.253 e. The number of benzene rings is 1. The molecule has 0 heterocycles. The van der Waals surface area contributed by atoms with Crippen LogP contribution in [0, 0.1) is 12.8 Å². The molecule has 104 valence electrons. The van der Waals surface area contributed by atoms with Gasteiger partial charge in [0, 0.05) is 31.4 Å². The van der Waals surface area contributed by atoms with Gasteiger partial charge in [-0.25, -0.2) is 0 Å². The second-order valence-corrected chi connectivity index (χ2v) is 5.42. The van der Waals surface area contributed by atoms with Crippen LogP contribution in [0.4, 0.5) is 5.69 Å². The predicted molar refractivity (Wildman–Crippen MR) is 79.6 cm³/mol. The zero-order valence-electron chi connectivity index (χ0n) is 12.2. The maximum absolute atomic E-state index is 12.5. The van der Waals surface area contributed by atoms with Crippen LogP contribution in [-0.2, 0) is 0 Å². The predicted octanol–water partition coefficient (Wildman–Crippen LogP) is 3.30. The zero-order valence-corrected chi connectivity index (χ0v) is 12.2. The molecule has 1 saturated carbocycles. The highest BCUT2D eigenvalue weighted by atomic mass is 16.2. The third-order valence-corrected chi connectivity index (χ3v) is 4.11. The lowest BCUT2D eigenvalue weighted by atomic mass is 9.85. The van der Waals surface area contributed by atoms with Gasteiger partial charge in [0.15, 0.2) is 0 Å². The Kier molecular flexibility index (Phi) is 4.46. The molecule has 1 amide bonds. The van der Waals surface area contributed by atoms with Crippen LogP contribution in [0.2, 0.25) is 0 Å². The fourth-order valence-corrected chi connectivity index (χ4v) is 2.60. The van der Waals surface area contributed by atoms with Crippen molar-refractivity contribution < 1.29 is 4.79 Å². The minimum atomic E-state index is 0.167. The summed E-state index contributed by atoms with van der Waals surface area (Å²) in [7, 11) is 1.90. The molecule has 0 bridgehead atoms. The summed E-state index contributed by atoms with van der Waals surface area (Å²) in [5, 5.41) is 3.13. The zero-order chi connectivity index (χ0) is 13.8. The molecule has 3 heteroatoms. The first-order valence-corrected chi connectivity index (χ1v) is 7.23. The van der Waals surface area contributed by atoms with E-state index in [-0.39, 0.29) is 5.91 Å². The van der Waals surface area contributed by atoms with Gasteiger partial charge in [-0.1, -0.05) is 6.42 Å². The van der Waals surface area contributed by atoms with E-state index >= 15 is 0 Å². The molecule has 0 aliphatic heterocycles. The van der Waals surface area contributed by atoms with Crippen LogP contribution in [0.1, 0.15) is 42.1 Å². The van der Waals surface area contributed by atoms with E-state index in [4.69, 9.17) is 0 Å². The lowest BCUT2D eigenvalue weighted by molar-refractivity contribution is 0.0706. The average molecular weight is 260 g/mol. The van der Waals surface area contributed by atoms with Gasteiger partial charge in [0.1, 0.15) is 0 Å². The number of carbonyl (C=O) groups is 1. The number of rotatable bonds is 5. The standard InChI is InChI=1S/C16H24N2O/c1-4-18(11-13-6-5-7-13)16(19)14-8-9-15(17-3)12(2)10-14/h8-10,13,17H,4-7,11H2,1-3H3. The van der Waals surface area contributed by atoms with E-state index in [0.29, 0.717) is 0 Å². The summed E-state index contributed by atoms with van der Waals surface area (Å²) in [5.74, 6) is 0.890. The number of nitrogens with zero attached hydrogens (tertiary/aromatic N) is 1. The van der Waals surface area contributed by atoms with Crippen molar-refractivity contribution in [1.82, 2.24) is 4.90 Å². The van der Waals surface area contributed by atoms with Crippen molar-refractivity contribution in [1.29, 1.82) is 0 Å². The van der Waals surface area contributed by atoms with Crippen molar-refractivity contribution in [3.8, 4) is 0 Å². The Hall–Kier alpha value is -1.51. The average Bonchev–Trinajstić information content (AvgIpc) is 2.37. The maximum atomic E-state index is 12.5. The number of amides is 1. The number of hydrogen-bond donors (Lipinski definition) is 1. The van der Waals surface area contributed by atoms with Crippen molar-refractivity contribution in [3.63, 3.8) is 0 Å². The van der Waals surface area contributed by atoms with Crippen molar-refractivity contribution >= 4 is 11.6 Å². The molecule has 0 aromatic heterocycles. The highest BCUT2D eigenvalue weighted by molar-refractivity contribution is 5.95. The van der Waals surface area contributed by atoms with E-state index in [1.807, 2.05) is 37.1 Å². The lowest BCUT2D eigenvalue weighted by Crippen LogP contribution is -2.37. The number of aryl methyl sites for hydroxylation is 1. The molecule has 0 unspecified atom stereocenters. The largest absolute Gasteiger partial charge is 0.388 e. The van der Waals surface area contributed by atoms with Crippen LogP contribution in [0.5, 0.6) is 0 Å². The molecule has 2 rings (SSSR count). The van der Waals surface area contributed by atoms with E-state index in [0.717, 1.165) is 35.8 Å². The van der Waals surface area contributed by atoms with Crippen molar-refractivity contribution in [2.45, 2.75) is 33.1 Å². The van der Waals surface area contributed by atoms with Gasteiger partial charge >= 0.3 is 0 Å². The molecule has 1 aromatic carbocycles. The second kappa shape index (κ2) is 6.09. The van der Waals surface area contributed by atoms with Gasteiger partial charge in [-0.15, -0.1) is 0 Å². The second-order valence-electron chi connectivity index (χ2n) is 5.42. The summed E-state index contributed by atoms with van der Waals surface area (Å²) in [6.07, 6.45) is 3.88. The van der Waals surface area contributed by atoms with Crippen LogP contribution in [-0.4, -0.2) is 30.9 Å². The molecule has 1 aliphatic rings. The minimum absolute atomic E-state index is 0.167. The van der Waals surface area contributed by atoms with Crippen molar-refractivity contribution in [3.05, 3.63) is 29.3 Å². The Morgan fingerprint density at radius 2 is 2.16 bits per heavy atom. The van der Waals surface area contributed by atoms with Crippen LogP contribution in [0.25, 0.3) is 0 Å². The Labute approximate surface area is 116 Å². The quantitative estimate of drug-likeness (QED) is 0.881. The topological polar surface area (TPSA) is 32.3 Å². The van der Waals surface area contributed by atoms with E-state index in [2.05, 4.69) is 12.2 Å². The third kappa shape index (κ3) is 3.09. The van der Waals surface area contributed by atoms with E-state index in [9.17, 15) is 4.79 Å². The van der Waals surface area contributed by atoms with E-state index in [1.54, 1.807) is 0 Å². The van der Waals surface area contributed by atoms with Crippen molar-refractivity contribution in [2.24, 2.45) is 5.92 Å². The molecule has 1 fully saturated rings. The molecule has 19 heavy (non-hydrogen) atoms. The molecule has 0 saturated heterocycles. The fourth-order valence-electron chi connectivity index (χ4n) is 2.60. The normalized spacial score (nSPS) is 14.9. The fraction of sp³-hybridized carbons (Fsp3) is 0.562. The molecule has 0 spiro atoms. The van der Waals surface area contributed by atoms with Crippen LogP contribution in [0.3, 0.4) is 0 Å². The van der Waals surface area contributed by atoms with Crippen molar-refractivity contribution in [2.75, 3.05) is 25.5 Å². The van der Waals surface area contributed by atoms with Crippen LogP contribution >= 0.6 is 0 Å². The van der Waals surface area contributed by atoms with Gasteiger partial charge in [0.05, 0.1) is 0 Å². The van der Waals surface area contributed by atoms with Crippen LogP contribution < -0.4 is 5.32 Å². The first-order valence-electron chi connectivity index (χ1n) is 7.23. The Morgan fingerprint density at radius 1 is 1.42 bits per heavy atom. The van der Waals surface area contributed by atoms with Gasteiger partial charge in [0.25, 0.3) is 5.91 Å². The third-order valence-electron chi connectivity index (χ3n) is 4.11.